The Bertz CT molecular complexity index is 592. The maximum Gasteiger partial charge on any atom is 0.251 e. The average molecular weight is 228 g/mol. The van der Waals surface area contributed by atoms with E-state index >= 15 is 0 Å². The van der Waals surface area contributed by atoms with E-state index in [1.165, 1.54) is 0 Å². The van der Waals surface area contributed by atoms with Gasteiger partial charge in [0, 0.05) is 24.5 Å². The molecule has 0 radical (unpaired) electrons. The molecular weight excluding hydrogens is 216 g/mol. The highest BCUT2D eigenvalue weighted by atomic mass is 15.3. The van der Waals surface area contributed by atoms with E-state index in [0.717, 1.165) is 23.6 Å². The molecule has 3 aromatic heterocycles. The van der Waals surface area contributed by atoms with E-state index in [1.807, 2.05) is 29.9 Å². The number of imidazole rings is 1. The van der Waals surface area contributed by atoms with Gasteiger partial charge < -0.3 is 5.32 Å². The highest BCUT2D eigenvalue weighted by molar-refractivity contribution is 5.55. The Morgan fingerprint density at radius 3 is 3.06 bits per heavy atom. The molecule has 6 heteroatoms. The molecule has 17 heavy (non-hydrogen) atoms. The lowest BCUT2D eigenvalue weighted by molar-refractivity contribution is 0.795. The number of nitrogens with zero attached hydrogens (tertiary/aromatic N) is 4. The Kier molecular flexibility index (Phi) is 2.34. The van der Waals surface area contributed by atoms with Crippen molar-refractivity contribution in [3.63, 3.8) is 0 Å². The van der Waals surface area contributed by atoms with Crippen molar-refractivity contribution < 1.29 is 0 Å². The van der Waals surface area contributed by atoms with Gasteiger partial charge in [0.1, 0.15) is 0 Å². The fourth-order valence-corrected chi connectivity index (χ4v) is 1.72. The summed E-state index contributed by atoms with van der Waals surface area (Å²) in [6.07, 6.45) is 5.44. The van der Waals surface area contributed by atoms with E-state index in [1.54, 1.807) is 12.4 Å². The first-order chi connectivity index (χ1) is 8.36. The molecule has 0 aliphatic heterocycles. The first-order valence-corrected chi connectivity index (χ1v) is 5.36. The van der Waals surface area contributed by atoms with Crippen LogP contribution in [-0.4, -0.2) is 31.6 Å². The van der Waals surface area contributed by atoms with E-state index in [4.69, 9.17) is 0 Å². The summed E-state index contributed by atoms with van der Waals surface area (Å²) in [6, 6.07) is 3.84. The third-order valence-corrected chi connectivity index (χ3v) is 2.47. The number of rotatable bonds is 3. The molecule has 3 aromatic rings. The van der Waals surface area contributed by atoms with Crippen LogP contribution in [0.4, 0.5) is 0 Å². The zero-order valence-electron chi connectivity index (χ0n) is 9.38. The van der Waals surface area contributed by atoms with E-state index in [-0.39, 0.29) is 0 Å². The van der Waals surface area contributed by atoms with Gasteiger partial charge in [-0.25, -0.2) is 9.50 Å². The Balaban J connectivity index is 2.01. The second kappa shape index (κ2) is 3.99. The standard InChI is InChI=1S/C11H12N6/c1-12-6-9-7-17-11(14-9)15-10(16-17)8-3-2-4-13-5-8/h2-5,7,12H,6H2,1H3,(H,14,15,16). The average Bonchev–Trinajstić information content (AvgIpc) is 2.88. The van der Waals surface area contributed by atoms with Gasteiger partial charge in [0.15, 0.2) is 5.82 Å². The van der Waals surface area contributed by atoms with E-state index in [2.05, 4.69) is 25.4 Å². The zero-order valence-corrected chi connectivity index (χ0v) is 9.38. The molecule has 0 unspecified atom stereocenters. The fourth-order valence-electron chi connectivity index (χ4n) is 1.72. The molecule has 0 amide bonds. The van der Waals surface area contributed by atoms with Crippen molar-refractivity contribution in [2.24, 2.45) is 0 Å². The molecule has 6 nitrogen and oxygen atoms in total. The number of H-pyrrole nitrogens is 1. The van der Waals surface area contributed by atoms with Crippen LogP contribution in [-0.2, 0) is 6.54 Å². The van der Waals surface area contributed by atoms with Crippen molar-refractivity contribution in [3.8, 4) is 11.4 Å². The number of aromatic amines is 1. The molecule has 3 heterocycles. The number of aromatic nitrogens is 5. The van der Waals surface area contributed by atoms with Crippen LogP contribution in [0.25, 0.3) is 17.2 Å². The second-order valence-corrected chi connectivity index (χ2v) is 3.75. The SMILES string of the molecule is CNCc1cn2[nH]c(-c3cccnc3)nc2n1. The Hall–Kier alpha value is -2.21. The predicted octanol–water partition coefficient (Wildman–Crippen LogP) is 0.839. The van der Waals surface area contributed by atoms with E-state index in [0.29, 0.717) is 5.78 Å². The van der Waals surface area contributed by atoms with Crippen LogP contribution >= 0.6 is 0 Å². The number of hydrogen-bond acceptors (Lipinski definition) is 4. The van der Waals surface area contributed by atoms with Gasteiger partial charge in [-0.05, 0) is 19.2 Å². The van der Waals surface area contributed by atoms with Gasteiger partial charge in [-0.3, -0.25) is 10.1 Å². The molecule has 0 saturated carbocycles. The normalized spacial score (nSPS) is 11.1. The van der Waals surface area contributed by atoms with Crippen molar-refractivity contribution in [1.82, 2.24) is 29.9 Å². The lowest BCUT2D eigenvalue weighted by atomic mass is 10.3. The van der Waals surface area contributed by atoms with Crippen LogP contribution in [0.1, 0.15) is 5.69 Å². The van der Waals surface area contributed by atoms with Gasteiger partial charge in [0.25, 0.3) is 5.78 Å². The quantitative estimate of drug-likeness (QED) is 0.697. The van der Waals surface area contributed by atoms with Crippen LogP contribution in [0, 0.1) is 0 Å². The summed E-state index contributed by atoms with van der Waals surface area (Å²) < 4.78 is 1.81. The number of fused-ring (bicyclic) bond motifs is 1. The topological polar surface area (TPSA) is 70.9 Å². The lowest BCUT2D eigenvalue weighted by Gasteiger charge is -1.93. The minimum Gasteiger partial charge on any atom is -0.314 e. The molecule has 0 aromatic carbocycles. The van der Waals surface area contributed by atoms with Crippen molar-refractivity contribution in [2.45, 2.75) is 6.54 Å². The smallest absolute Gasteiger partial charge is 0.251 e. The van der Waals surface area contributed by atoms with E-state index < -0.39 is 0 Å². The molecule has 0 atom stereocenters. The summed E-state index contributed by atoms with van der Waals surface area (Å²) in [4.78, 5) is 12.9. The second-order valence-electron chi connectivity index (χ2n) is 3.75. The van der Waals surface area contributed by atoms with E-state index in [9.17, 15) is 0 Å². The number of pyridine rings is 1. The molecule has 0 fully saturated rings. The van der Waals surface area contributed by atoms with Crippen LogP contribution in [0.2, 0.25) is 0 Å². The van der Waals surface area contributed by atoms with Gasteiger partial charge in [-0.15, -0.1) is 0 Å². The zero-order chi connectivity index (χ0) is 11.7. The van der Waals surface area contributed by atoms with Crippen LogP contribution in [0.3, 0.4) is 0 Å². The highest BCUT2D eigenvalue weighted by Crippen LogP contribution is 2.14. The lowest BCUT2D eigenvalue weighted by Crippen LogP contribution is -2.05. The van der Waals surface area contributed by atoms with Crippen LogP contribution < -0.4 is 5.32 Å². The number of hydrogen-bond donors (Lipinski definition) is 2. The first-order valence-electron chi connectivity index (χ1n) is 5.36. The van der Waals surface area contributed by atoms with Crippen molar-refractivity contribution in [1.29, 1.82) is 0 Å². The number of nitrogens with one attached hydrogen (secondary N) is 2. The summed E-state index contributed by atoms with van der Waals surface area (Å²) >= 11 is 0. The van der Waals surface area contributed by atoms with Crippen molar-refractivity contribution in [3.05, 3.63) is 36.4 Å². The molecule has 3 rings (SSSR count). The molecule has 0 spiro atoms. The third-order valence-electron chi connectivity index (χ3n) is 2.47. The molecule has 86 valence electrons. The van der Waals surface area contributed by atoms with Gasteiger partial charge >= 0.3 is 0 Å². The molecule has 0 saturated heterocycles. The molecule has 0 bridgehead atoms. The third kappa shape index (κ3) is 1.78. The molecule has 0 aliphatic rings. The summed E-state index contributed by atoms with van der Waals surface area (Å²) in [6.45, 7) is 0.736. The van der Waals surface area contributed by atoms with Crippen molar-refractivity contribution in [2.75, 3.05) is 7.05 Å². The van der Waals surface area contributed by atoms with Gasteiger partial charge in [-0.1, -0.05) is 0 Å². The highest BCUT2D eigenvalue weighted by Gasteiger charge is 2.08. The summed E-state index contributed by atoms with van der Waals surface area (Å²) in [7, 11) is 1.89. The maximum atomic E-state index is 4.41. The van der Waals surface area contributed by atoms with Gasteiger partial charge in [0.2, 0.25) is 0 Å². The minimum atomic E-state index is 0.675. The van der Waals surface area contributed by atoms with Crippen LogP contribution in [0.15, 0.2) is 30.7 Å². The van der Waals surface area contributed by atoms with Gasteiger partial charge in [-0.2, -0.15) is 4.98 Å². The largest absolute Gasteiger partial charge is 0.314 e. The Morgan fingerprint density at radius 1 is 1.41 bits per heavy atom. The predicted molar refractivity (Wildman–Crippen MR) is 63.3 cm³/mol. The summed E-state index contributed by atoms with van der Waals surface area (Å²) in [5.41, 5.74) is 1.91. The van der Waals surface area contributed by atoms with Crippen molar-refractivity contribution >= 4 is 5.78 Å². The van der Waals surface area contributed by atoms with Crippen LogP contribution in [0.5, 0.6) is 0 Å². The minimum absolute atomic E-state index is 0.675. The summed E-state index contributed by atoms with van der Waals surface area (Å²) in [5.74, 6) is 1.45. The Labute approximate surface area is 97.7 Å². The maximum absolute atomic E-state index is 4.41. The first kappa shape index (κ1) is 9.98. The molecule has 0 aliphatic carbocycles. The molecular formula is C11H12N6. The molecule has 2 N–H and O–H groups in total. The monoisotopic (exact) mass is 228 g/mol. The van der Waals surface area contributed by atoms with Gasteiger partial charge in [0.05, 0.1) is 11.9 Å². The Morgan fingerprint density at radius 2 is 2.35 bits per heavy atom. The summed E-state index contributed by atoms with van der Waals surface area (Å²) in [5, 5.41) is 6.22. The fraction of sp³-hybridized carbons (Fsp3) is 0.182.